The number of likely N-dealkylation sites (tertiary alicyclic amines) is 1. The van der Waals surface area contributed by atoms with Gasteiger partial charge >= 0.3 is 6.09 Å². The third-order valence-electron chi connectivity index (χ3n) is 3.66. The summed E-state index contributed by atoms with van der Waals surface area (Å²) >= 11 is 0. The molecule has 1 aromatic rings. The lowest BCUT2D eigenvalue weighted by molar-refractivity contribution is 0.0505. The van der Waals surface area contributed by atoms with E-state index in [1.54, 1.807) is 6.07 Å². The Morgan fingerprint density at radius 1 is 1.45 bits per heavy atom. The average molecular weight is 306 g/mol. The molecule has 0 unspecified atom stereocenters. The first-order valence-corrected chi connectivity index (χ1v) is 7.73. The van der Waals surface area contributed by atoms with Gasteiger partial charge in [-0.15, -0.1) is 0 Å². The van der Waals surface area contributed by atoms with Crippen molar-refractivity contribution in [3.05, 3.63) is 29.3 Å². The Morgan fingerprint density at radius 2 is 2.18 bits per heavy atom. The van der Waals surface area contributed by atoms with E-state index >= 15 is 0 Å². The van der Waals surface area contributed by atoms with Crippen molar-refractivity contribution in [2.24, 2.45) is 0 Å². The molecule has 2 rings (SSSR count). The van der Waals surface area contributed by atoms with Crippen LogP contribution in [0.4, 0.5) is 4.79 Å². The maximum Gasteiger partial charge on any atom is 0.407 e. The molecule has 0 spiro atoms. The summed E-state index contributed by atoms with van der Waals surface area (Å²) in [5.41, 5.74) is 1.60. The van der Waals surface area contributed by atoms with Crippen LogP contribution in [0.25, 0.3) is 0 Å². The Bertz CT molecular complexity index is 537. The summed E-state index contributed by atoms with van der Waals surface area (Å²) in [6.45, 7) is 10.1. The van der Waals surface area contributed by atoms with Crippen molar-refractivity contribution in [2.75, 3.05) is 13.1 Å². The monoisotopic (exact) mass is 306 g/mol. The number of hydrogen-bond acceptors (Lipinski definition) is 4. The summed E-state index contributed by atoms with van der Waals surface area (Å²) in [5, 5.41) is 12.5. The number of rotatable bonds is 3. The number of carbonyl (C=O) groups excluding carboxylic acids is 1. The lowest BCUT2D eigenvalue weighted by Gasteiger charge is -2.22. The van der Waals surface area contributed by atoms with Crippen LogP contribution in [-0.4, -0.2) is 40.8 Å². The molecule has 1 aliphatic heterocycles. The van der Waals surface area contributed by atoms with E-state index in [1.165, 1.54) is 5.56 Å². The van der Waals surface area contributed by atoms with E-state index in [4.69, 9.17) is 4.74 Å². The fraction of sp³-hybridized carbons (Fsp3) is 0.588. The summed E-state index contributed by atoms with van der Waals surface area (Å²) in [7, 11) is 0. The molecule has 1 aromatic carbocycles. The second-order valence-corrected chi connectivity index (χ2v) is 6.99. The number of nitrogens with one attached hydrogen (secondary N) is 1. The van der Waals surface area contributed by atoms with Gasteiger partial charge in [-0.3, -0.25) is 4.90 Å². The Balaban J connectivity index is 1.82. The second-order valence-electron chi connectivity index (χ2n) is 6.99. The standard InChI is InChI=1S/C17H26N2O3/c1-12-9-13(5-6-15(12)20)10-19-8-7-14(11-19)18-16(21)22-17(2,3)4/h5-6,9,14,20H,7-8,10-11H2,1-4H3,(H,18,21)/t14-/m0/s1. The van der Waals surface area contributed by atoms with Crippen LogP contribution in [-0.2, 0) is 11.3 Å². The molecular formula is C17H26N2O3. The van der Waals surface area contributed by atoms with Gasteiger partial charge in [0.25, 0.3) is 0 Å². The van der Waals surface area contributed by atoms with Gasteiger partial charge in [-0.05, 0) is 51.3 Å². The van der Waals surface area contributed by atoms with E-state index < -0.39 is 5.60 Å². The molecule has 1 amide bonds. The quantitative estimate of drug-likeness (QED) is 0.901. The average Bonchev–Trinajstić information content (AvgIpc) is 2.78. The largest absolute Gasteiger partial charge is 0.508 e. The summed E-state index contributed by atoms with van der Waals surface area (Å²) in [6, 6.07) is 5.81. The molecule has 122 valence electrons. The van der Waals surface area contributed by atoms with E-state index in [2.05, 4.69) is 10.2 Å². The second kappa shape index (κ2) is 6.57. The summed E-state index contributed by atoms with van der Waals surface area (Å²) in [5.74, 6) is 0.328. The molecule has 1 atom stereocenters. The number of phenols is 1. The zero-order valence-electron chi connectivity index (χ0n) is 13.8. The third kappa shape index (κ3) is 4.91. The normalized spacial score (nSPS) is 19.2. The van der Waals surface area contributed by atoms with Crippen molar-refractivity contribution in [1.82, 2.24) is 10.2 Å². The maximum atomic E-state index is 11.8. The first kappa shape index (κ1) is 16.6. The first-order valence-electron chi connectivity index (χ1n) is 7.73. The van der Waals surface area contributed by atoms with Crippen LogP contribution in [0.2, 0.25) is 0 Å². The van der Waals surface area contributed by atoms with Crippen LogP contribution in [0.15, 0.2) is 18.2 Å². The van der Waals surface area contributed by atoms with Crippen LogP contribution in [0.3, 0.4) is 0 Å². The number of alkyl carbamates (subject to hydrolysis) is 1. The molecule has 0 radical (unpaired) electrons. The number of carbonyl (C=O) groups is 1. The number of benzene rings is 1. The van der Waals surface area contributed by atoms with Gasteiger partial charge in [-0.1, -0.05) is 12.1 Å². The lowest BCUT2D eigenvalue weighted by Crippen LogP contribution is -2.40. The minimum Gasteiger partial charge on any atom is -0.508 e. The highest BCUT2D eigenvalue weighted by atomic mass is 16.6. The number of amides is 1. The smallest absolute Gasteiger partial charge is 0.407 e. The maximum absolute atomic E-state index is 11.8. The van der Waals surface area contributed by atoms with E-state index in [0.29, 0.717) is 5.75 Å². The van der Waals surface area contributed by atoms with Crippen molar-refractivity contribution in [3.63, 3.8) is 0 Å². The van der Waals surface area contributed by atoms with Gasteiger partial charge < -0.3 is 15.2 Å². The Labute approximate surface area is 132 Å². The van der Waals surface area contributed by atoms with Crippen molar-refractivity contribution < 1.29 is 14.6 Å². The molecule has 5 heteroatoms. The molecule has 1 fully saturated rings. The molecule has 1 saturated heterocycles. The number of aromatic hydroxyl groups is 1. The van der Waals surface area contributed by atoms with Crippen molar-refractivity contribution in [1.29, 1.82) is 0 Å². The molecule has 0 aromatic heterocycles. The van der Waals surface area contributed by atoms with Gasteiger partial charge in [0, 0.05) is 25.7 Å². The molecule has 0 saturated carbocycles. The summed E-state index contributed by atoms with van der Waals surface area (Å²) in [4.78, 5) is 14.1. The highest BCUT2D eigenvalue weighted by Gasteiger charge is 2.26. The van der Waals surface area contributed by atoms with E-state index in [-0.39, 0.29) is 12.1 Å². The Kier molecular flexibility index (Phi) is 4.96. The summed E-state index contributed by atoms with van der Waals surface area (Å²) < 4.78 is 5.29. The Morgan fingerprint density at radius 3 is 2.82 bits per heavy atom. The number of aryl methyl sites for hydroxylation is 1. The van der Waals surface area contributed by atoms with Gasteiger partial charge in [0.15, 0.2) is 0 Å². The molecule has 1 aliphatic rings. The number of ether oxygens (including phenoxy) is 1. The van der Waals surface area contributed by atoms with Gasteiger partial charge in [-0.2, -0.15) is 0 Å². The first-order chi connectivity index (χ1) is 10.2. The zero-order chi connectivity index (χ0) is 16.3. The fourth-order valence-corrected chi connectivity index (χ4v) is 2.64. The number of phenolic OH excluding ortho intramolecular Hbond substituents is 1. The van der Waals surface area contributed by atoms with Crippen LogP contribution in [0.5, 0.6) is 5.75 Å². The van der Waals surface area contributed by atoms with Crippen LogP contribution in [0, 0.1) is 6.92 Å². The Hall–Kier alpha value is -1.75. The molecule has 1 heterocycles. The fourth-order valence-electron chi connectivity index (χ4n) is 2.64. The highest BCUT2D eigenvalue weighted by molar-refractivity contribution is 5.68. The summed E-state index contributed by atoms with van der Waals surface area (Å²) in [6.07, 6.45) is 0.580. The molecular weight excluding hydrogens is 280 g/mol. The van der Waals surface area contributed by atoms with Crippen LogP contribution >= 0.6 is 0 Å². The van der Waals surface area contributed by atoms with Crippen molar-refractivity contribution in [2.45, 2.75) is 52.3 Å². The minimum absolute atomic E-state index is 0.132. The van der Waals surface area contributed by atoms with E-state index in [0.717, 1.165) is 31.6 Å². The molecule has 2 N–H and O–H groups in total. The number of nitrogens with zero attached hydrogens (tertiary/aromatic N) is 1. The molecule has 5 nitrogen and oxygen atoms in total. The van der Waals surface area contributed by atoms with Crippen molar-refractivity contribution >= 4 is 6.09 Å². The van der Waals surface area contributed by atoms with Crippen LogP contribution < -0.4 is 5.32 Å². The molecule has 22 heavy (non-hydrogen) atoms. The number of hydrogen-bond donors (Lipinski definition) is 2. The van der Waals surface area contributed by atoms with Crippen molar-refractivity contribution in [3.8, 4) is 5.75 Å². The third-order valence-corrected chi connectivity index (χ3v) is 3.66. The molecule has 0 bridgehead atoms. The van der Waals surface area contributed by atoms with E-state index in [9.17, 15) is 9.90 Å². The highest BCUT2D eigenvalue weighted by Crippen LogP contribution is 2.20. The predicted molar refractivity (Wildman–Crippen MR) is 85.9 cm³/mol. The van der Waals surface area contributed by atoms with E-state index in [1.807, 2.05) is 39.8 Å². The predicted octanol–water partition coefficient (Wildman–Crippen LogP) is 2.80. The topological polar surface area (TPSA) is 61.8 Å². The SMILES string of the molecule is Cc1cc(CN2CC[C@H](NC(=O)OC(C)(C)C)C2)ccc1O. The molecule has 0 aliphatic carbocycles. The van der Waals surface area contributed by atoms with Crippen LogP contribution in [0.1, 0.15) is 38.3 Å². The van der Waals surface area contributed by atoms with Gasteiger partial charge in [-0.25, -0.2) is 4.79 Å². The minimum atomic E-state index is -0.466. The van der Waals surface area contributed by atoms with Gasteiger partial charge in [0.05, 0.1) is 0 Å². The van der Waals surface area contributed by atoms with Gasteiger partial charge in [0.2, 0.25) is 0 Å². The zero-order valence-corrected chi connectivity index (χ0v) is 13.8. The lowest BCUT2D eigenvalue weighted by atomic mass is 10.1. The van der Waals surface area contributed by atoms with Gasteiger partial charge in [0.1, 0.15) is 11.4 Å².